The van der Waals surface area contributed by atoms with Crippen molar-refractivity contribution in [3.8, 4) is 0 Å². The molecule has 1 aromatic heterocycles. The Balaban J connectivity index is 2.11. The third-order valence-corrected chi connectivity index (χ3v) is 5.94. The molecule has 2 rings (SSSR count). The van der Waals surface area contributed by atoms with Crippen LogP contribution in [-0.2, 0) is 9.53 Å². The smallest absolute Gasteiger partial charge is 0.341 e. The lowest BCUT2D eigenvalue weighted by Crippen LogP contribution is -2.47. The Morgan fingerprint density at radius 2 is 1.88 bits per heavy atom. The van der Waals surface area contributed by atoms with Gasteiger partial charge in [-0.05, 0) is 53.0 Å². The van der Waals surface area contributed by atoms with Crippen LogP contribution in [0.5, 0.6) is 0 Å². The first kappa shape index (κ1) is 18.9. The standard InChI is InChI=1S/C18H28N2O3S/c1-6-23-18(22)16-13(4)14(5)24-17(16)19-15(21)10-20-11(2)8-7-9-12(20)3/h11-12H,6-10H2,1-5H3,(H,19,21). The molecule has 0 spiro atoms. The van der Waals surface area contributed by atoms with Gasteiger partial charge in [0.05, 0.1) is 18.7 Å². The van der Waals surface area contributed by atoms with Crippen molar-refractivity contribution in [2.24, 2.45) is 0 Å². The highest BCUT2D eigenvalue weighted by atomic mass is 32.1. The summed E-state index contributed by atoms with van der Waals surface area (Å²) in [7, 11) is 0. The van der Waals surface area contributed by atoms with Gasteiger partial charge in [-0.2, -0.15) is 0 Å². The third kappa shape index (κ3) is 4.16. The minimum absolute atomic E-state index is 0.0672. The maximum Gasteiger partial charge on any atom is 0.341 e. The Kier molecular flexibility index (Phi) is 6.40. The quantitative estimate of drug-likeness (QED) is 0.820. The molecule has 2 unspecified atom stereocenters. The third-order valence-electron chi connectivity index (χ3n) is 4.82. The monoisotopic (exact) mass is 352 g/mol. The molecule has 1 aromatic rings. The van der Waals surface area contributed by atoms with Gasteiger partial charge < -0.3 is 10.1 Å². The van der Waals surface area contributed by atoms with Crippen molar-refractivity contribution in [3.63, 3.8) is 0 Å². The van der Waals surface area contributed by atoms with Gasteiger partial charge in [-0.3, -0.25) is 9.69 Å². The number of nitrogens with zero attached hydrogens (tertiary/aromatic N) is 1. The van der Waals surface area contributed by atoms with E-state index in [1.807, 2.05) is 13.8 Å². The maximum absolute atomic E-state index is 12.5. The molecule has 1 amide bonds. The number of carbonyl (C=O) groups is 2. The highest BCUT2D eigenvalue weighted by Crippen LogP contribution is 2.33. The van der Waals surface area contributed by atoms with E-state index in [0.29, 0.717) is 35.8 Å². The molecule has 1 aliphatic heterocycles. The van der Waals surface area contributed by atoms with Gasteiger partial charge in [-0.1, -0.05) is 6.42 Å². The molecule has 0 aliphatic carbocycles. The predicted octanol–water partition coefficient (Wildman–Crippen LogP) is 3.74. The van der Waals surface area contributed by atoms with E-state index in [1.54, 1.807) is 6.92 Å². The van der Waals surface area contributed by atoms with E-state index in [2.05, 4.69) is 24.1 Å². The molecule has 0 bridgehead atoms. The second-order valence-corrected chi connectivity index (χ2v) is 7.78. The van der Waals surface area contributed by atoms with Gasteiger partial charge in [0, 0.05) is 17.0 Å². The molecule has 6 heteroatoms. The fourth-order valence-electron chi connectivity index (χ4n) is 3.28. The molecule has 0 aromatic carbocycles. The van der Waals surface area contributed by atoms with E-state index in [0.717, 1.165) is 23.3 Å². The minimum atomic E-state index is -0.366. The Morgan fingerprint density at radius 3 is 2.46 bits per heavy atom. The maximum atomic E-state index is 12.5. The number of hydrogen-bond donors (Lipinski definition) is 1. The average molecular weight is 353 g/mol. The van der Waals surface area contributed by atoms with Crippen molar-refractivity contribution < 1.29 is 14.3 Å². The largest absolute Gasteiger partial charge is 0.462 e. The average Bonchev–Trinajstić information content (AvgIpc) is 2.78. The number of amides is 1. The molecule has 134 valence electrons. The highest BCUT2D eigenvalue weighted by Gasteiger charge is 2.28. The lowest BCUT2D eigenvalue weighted by atomic mass is 9.97. The zero-order chi connectivity index (χ0) is 17.9. The Hall–Kier alpha value is -1.40. The van der Waals surface area contributed by atoms with Crippen molar-refractivity contribution >= 4 is 28.2 Å². The fraction of sp³-hybridized carbons (Fsp3) is 0.667. The van der Waals surface area contributed by atoms with Crippen molar-refractivity contribution in [1.82, 2.24) is 4.90 Å². The predicted molar refractivity (Wildman–Crippen MR) is 97.9 cm³/mol. The minimum Gasteiger partial charge on any atom is -0.462 e. The number of ether oxygens (including phenoxy) is 1. The number of aryl methyl sites for hydroxylation is 1. The molecule has 0 saturated carbocycles. The fourth-order valence-corrected chi connectivity index (χ4v) is 4.35. The molecule has 5 nitrogen and oxygen atoms in total. The van der Waals surface area contributed by atoms with E-state index < -0.39 is 0 Å². The number of anilines is 1. The number of piperidine rings is 1. The van der Waals surface area contributed by atoms with Gasteiger partial charge in [-0.25, -0.2) is 4.79 Å². The van der Waals surface area contributed by atoms with Crippen LogP contribution in [0.15, 0.2) is 0 Å². The molecule has 1 aliphatic rings. The molecule has 0 radical (unpaired) electrons. The van der Waals surface area contributed by atoms with Crippen LogP contribution in [0.3, 0.4) is 0 Å². The van der Waals surface area contributed by atoms with Gasteiger partial charge in [0.2, 0.25) is 5.91 Å². The van der Waals surface area contributed by atoms with Crippen LogP contribution >= 0.6 is 11.3 Å². The summed E-state index contributed by atoms with van der Waals surface area (Å²) in [6.45, 7) is 10.7. The van der Waals surface area contributed by atoms with Crippen LogP contribution in [0.2, 0.25) is 0 Å². The van der Waals surface area contributed by atoms with Gasteiger partial charge in [-0.15, -0.1) is 11.3 Å². The summed E-state index contributed by atoms with van der Waals surface area (Å²) in [5.74, 6) is -0.434. The lowest BCUT2D eigenvalue weighted by Gasteiger charge is -2.38. The first-order chi connectivity index (χ1) is 11.3. The molecule has 1 saturated heterocycles. The molecule has 2 atom stereocenters. The van der Waals surface area contributed by atoms with Gasteiger partial charge in [0.1, 0.15) is 5.00 Å². The van der Waals surface area contributed by atoms with Gasteiger partial charge in [0.15, 0.2) is 0 Å². The van der Waals surface area contributed by atoms with E-state index >= 15 is 0 Å². The van der Waals surface area contributed by atoms with E-state index in [-0.39, 0.29) is 11.9 Å². The number of esters is 1. The molecule has 2 heterocycles. The summed E-state index contributed by atoms with van der Waals surface area (Å²) in [5.41, 5.74) is 1.38. The zero-order valence-electron chi connectivity index (χ0n) is 15.3. The molecule has 24 heavy (non-hydrogen) atoms. The van der Waals surface area contributed by atoms with Gasteiger partial charge in [0.25, 0.3) is 0 Å². The highest BCUT2D eigenvalue weighted by molar-refractivity contribution is 7.16. The van der Waals surface area contributed by atoms with Crippen LogP contribution in [0, 0.1) is 13.8 Å². The summed E-state index contributed by atoms with van der Waals surface area (Å²) in [5, 5.41) is 3.54. The van der Waals surface area contributed by atoms with Crippen LogP contribution < -0.4 is 5.32 Å². The molecule has 1 N–H and O–H groups in total. The summed E-state index contributed by atoms with van der Waals surface area (Å²) in [4.78, 5) is 28.0. The van der Waals surface area contributed by atoms with Crippen molar-refractivity contribution in [1.29, 1.82) is 0 Å². The van der Waals surface area contributed by atoms with Gasteiger partial charge >= 0.3 is 5.97 Å². The molecule has 1 fully saturated rings. The number of likely N-dealkylation sites (tertiary alicyclic amines) is 1. The van der Waals surface area contributed by atoms with Crippen molar-refractivity contribution in [3.05, 3.63) is 16.0 Å². The molecular formula is C18H28N2O3S. The molecular weight excluding hydrogens is 324 g/mol. The first-order valence-electron chi connectivity index (χ1n) is 8.67. The lowest BCUT2D eigenvalue weighted by molar-refractivity contribution is -0.118. The summed E-state index contributed by atoms with van der Waals surface area (Å²) >= 11 is 1.44. The number of carbonyl (C=O) groups excluding carboxylic acids is 2. The van der Waals surface area contributed by atoms with Crippen LogP contribution in [-0.4, -0.2) is 42.0 Å². The topological polar surface area (TPSA) is 58.6 Å². The summed E-state index contributed by atoms with van der Waals surface area (Å²) < 4.78 is 5.13. The first-order valence-corrected chi connectivity index (χ1v) is 9.49. The van der Waals surface area contributed by atoms with E-state index in [1.165, 1.54) is 17.8 Å². The van der Waals surface area contributed by atoms with Crippen LogP contribution in [0.4, 0.5) is 5.00 Å². The number of nitrogens with one attached hydrogen (secondary N) is 1. The van der Waals surface area contributed by atoms with E-state index in [9.17, 15) is 9.59 Å². The summed E-state index contributed by atoms with van der Waals surface area (Å²) in [6.07, 6.45) is 3.47. The second kappa shape index (κ2) is 8.12. The van der Waals surface area contributed by atoms with Crippen molar-refractivity contribution in [2.45, 2.75) is 66.0 Å². The second-order valence-electron chi connectivity index (χ2n) is 6.56. The number of hydrogen-bond acceptors (Lipinski definition) is 5. The van der Waals surface area contributed by atoms with Crippen LogP contribution in [0.25, 0.3) is 0 Å². The zero-order valence-corrected chi connectivity index (χ0v) is 16.1. The van der Waals surface area contributed by atoms with Crippen LogP contribution in [0.1, 0.15) is 60.8 Å². The Labute approximate surface area is 148 Å². The Bertz CT molecular complexity index is 602. The van der Waals surface area contributed by atoms with Crippen molar-refractivity contribution in [2.75, 3.05) is 18.5 Å². The Morgan fingerprint density at radius 1 is 1.25 bits per heavy atom. The normalized spacial score (nSPS) is 21.5. The number of thiophene rings is 1. The van der Waals surface area contributed by atoms with E-state index in [4.69, 9.17) is 4.74 Å². The SMILES string of the molecule is CCOC(=O)c1c(NC(=O)CN2C(C)CCCC2C)sc(C)c1C. The number of rotatable bonds is 5. The summed E-state index contributed by atoms with van der Waals surface area (Å²) in [6, 6.07) is 0.826.